The lowest BCUT2D eigenvalue weighted by Crippen LogP contribution is -2.15. The average molecular weight is 291 g/mol. The quantitative estimate of drug-likeness (QED) is 0.940. The van der Waals surface area contributed by atoms with Crippen molar-refractivity contribution in [2.75, 3.05) is 6.54 Å². The molecule has 2 N–H and O–H groups in total. The third-order valence-corrected chi connectivity index (χ3v) is 3.34. The minimum Gasteiger partial charge on any atom is -0.330 e. The van der Waals surface area contributed by atoms with Crippen molar-refractivity contribution < 1.29 is 0 Å². The van der Waals surface area contributed by atoms with Crippen LogP contribution in [0.3, 0.4) is 0 Å². The van der Waals surface area contributed by atoms with Crippen LogP contribution in [-0.4, -0.2) is 11.5 Å². The summed E-state index contributed by atoms with van der Waals surface area (Å²) in [6, 6.07) is 14.3. The standard InChI is InChI=1S/C14H15BrN2/c15-13-6-4-11(5-7-13)12(10-16)9-14-3-1-2-8-17-14/h1-8,12H,9-10,16H2. The van der Waals surface area contributed by atoms with Gasteiger partial charge < -0.3 is 5.73 Å². The fourth-order valence-corrected chi connectivity index (χ4v) is 2.11. The van der Waals surface area contributed by atoms with E-state index in [9.17, 15) is 0 Å². The normalized spacial score (nSPS) is 12.4. The van der Waals surface area contributed by atoms with Crippen LogP contribution in [0, 0.1) is 0 Å². The fourth-order valence-electron chi connectivity index (χ4n) is 1.84. The van der Waals surface area contributed by atoms with Gasteiger partial charge in [0, 0.05) is 22.3 Å². The van der Waals surface area contributed by atoms with Crippen LogP contribution in [0.15, 0.2) is 53.1 Å². The van der Waals surface area contributed by atoms with E-state index in [4.69, 9.17) is 5.73 Å². The summed E-state index contributed by atoms with van der Waals surface area (Å²) < 4.78 is 1.09. The Hall–Kier alpha value is -1.19. The molecular formula is C14H15BrN2. The molecule has 17 heavy (non-hydrogen) atoms. The van der Waals surface area contributed by atoms with Crippen LogP contribution in [0.4, 0.5) is 0 Å². The molecule has 0 aliphatic heterocycles. The van der Waals surface area contributed by atoms with E-state index >= 15 is 0 Å². The molecule has 0 spiro atoms. The van der Waals surface area contributed by atoms with Crippen molar-refractivity contribution >= 4 is 15.9 Å². The molecule has 1 aromatic heterocycles. The van der Waals surface area contributed by atoms with Crippen LogP contribution in [0.5, 0.6) is 0 Å². The topological polar surface area (TPSA) is 38.9 Å². The van der Waals surface area contributed by atoms with E-state index in [1.807, 2.05) is 24.4 Å². The lowest BCUT2D eigenvalue weighted by atomic mass is 9.94. The highest BCUT2D eigenvalue weighted by Crippen LogP contribution is 2.21. The van der Waals surface area contributed by atoms with Gasteiger partial charge in [-0.25, -0.2) is 0 Å². The first kappa shape index (κ1) is 12.3. The zero-order chi connectivity index (χ0) is 12.1. The number of rotatable bonds is 4. The van der Waals surface area contributed by atoms with E-state index in [1.165, 1.54) is 5.56 Å². The Balaban J connectivity index is 2.14. The van der Waals surface area contributed by atoms with E-state index in [-0.39, 0.29) is 0 Å². The van der Waals surface area contributed by atoms with Crippen molar-refractivity contribution in [2.24, 2.45) is 5.73 Å². The first-order chi connectivity index (χ1) is 8.29. The third-order valence-electron chi connectivity index (χ3n) is 2.81. The predicted molar refractivity (Wildman–Crippen MR) is 73.9 cm³/mol. The van der Waals surface area contributed by atoms with Gasteiger partial charge >= 0.3 is 0 Å². The Morgan fingerprint density at radius 2 is 1.88 bits per heavy atom. The summed E-state index contributed by atoms with van der Waals surface area (Å²) in [6.07, 6.45) is 2.71. The van der Waals surface area contributed by atoms with Crippen LogP contribution in [0.2, 0.25) is 0 Å². The van der Waals surface area contributed by atoms with Crippen LogP contribution in [0.1, 0.15) is 17.2 Å². The Kier molecular flexibility index (Phi) is 4.29. The average Bonchev–Trinajstić information content (AvgIpc) is 2.38. The molecule has 88 valence electrons. The van der Waals surface area contributed by atoms with Crippen molar-refractivity contribution in [3.8, 4) is 0 Å². The summed E-state index contributed by atoms with van der Waals surface area (Å²) >= 11 is 3.44. The van der Waals surface area contributed by atoms with Crippen LogP contribution < -0.4 is 5.73 Å². The maximum absolute atomic E-state index is 5.85. The second-order valence-corrected chi connectivity index (χ2v) is 4.93. The van der Waals surface area contributed by atoms with Crippen molar-refractivity contribution in [1.82, 2.24) is 4.98 Å². The molecule has 2 rings (SSSR count). The first-order valence-electron chi connectivity index (χ1n) is 5.65. The molecule has 2 aromatic rings. The van der Waals surface area contributed by atoms with E-state index in [2.05, 4.69) is 45.2 Å². The summed E-state index contributed by atoms with van der Waals surface area (Å²) in [4.78, 5) is 4.34. The summed E-state index contributed by atoms with van der Waals surface area (Å²) in [5.74, 6) is 0.331. The van der Waals surface area contributed by atoms with Crippen LogP contribution in [0.25, 0.3) is 0 Å². The smallest absolute Gasteiger partial charge is 0.0410 e. The lowest BCUT2D eigenvalue weighted by Gasteiger charge is -2.14. The summed E-state index contributed by atoms with van der Waals surface area (Å²) in [5.41, 5.74) is 8.21. The zero-order valence-electron chi connectivity index (χ0n) is 9.51. The second kappa shape index (κ2) is 5.94. The molecule has 0 bridgehead atoms. The Morgan fingerprint density at radius 1 is 1.12 bits per heavy atom. The number of hydrogen-bond acceptors (Lipinski definition) is 2. The van der Waals surface area contributed by atoms with Gasteiger partial charge in [-0.2, -0.15) is 0 Å². The molecule has 0 saturated heterocycles. The number of benzene rings is 1. The number of aromatic nitrogens is 1. The number of hydrogen-bond donors (Lipinski definition) is 1. The highest BCUT2D eigenvalue weighted by molar-refractivity contribution is 9.10. The molecule has 1 aromatic carbocycles. The molecule has 1 atom stereocenters. The summed E-state index contributed by atoms with van der Waals surface area (Å²) in [7, 11) is 0. The highest BCUT2D eigenvalue weighted by Gasteiger charge is 2.10. The minimum atomic E-state index is 0.331. The van der Waals surface area contributed by atoms with Gasteiger partial charge in [0.05, 0.1) is 0 Å². The van der Waals surface area contributed by atoms with Crippen molar-refractivity contribution in [1.29, 1.82) is 0 Å². The van der Waals surface area contributed by atoms with E-state index in [0.717, 1.165) is 16.6 Å². The van der Waals surface area contributed by atoms with Gasteiger partial charge in [-0.15, -0.1) is 0 Å². The molecule has 0 saturated carbocycles. The first-order valence-corrected chi connectivity index (χ1v) is 6.44. The number of halogens is 1. The SMILES string of the molecule is NCC(Cc1ccccn1)c1ccc(Br)cc1. The second-order valence-electron chi connectivity index (χ2n) is 4.01. The van der Waals surface area contributed by atoms with Gasteiger partial charge in [0.15, 0.2) is 0 Å². The number of nitrogens with two attached hydrogens (primary N) is 1. The van der Waals surface area contributed by atoms with E-state index in [0.29, 0.717) is 12.5 Å². The molecule has 2 nitrogen and oxygen atoms in total. The van der Waals surface area contributed by atoms with Gasteiger partial charge in [-0.1, -0.05) is 34.1 Å². The maximum atomic E-state index is 5.85. The molecule has 1 unspecified atom stereocenters. The number of nitrogens with zero attached hydrogens (tertiary/aromatic N) is 1. The fraction of sp³-hybridized carbons (Fsp3) is 0.214. The molecule has 0 amide bonds. The molecule has 0 radical (unpaired) electrons. The largest absolute Gasteiger partial charge is 0.330 e. The molecular weight excluding hydrogens is 276 g/mol. The van der Waals surface area contributed by atoms with Crippen LogP contribution in [-0.2, 0) is 6.42 Å². The summed E-state index contributed by atoms with van der Waals surface area (Å²) in [5, 5.41) is 0. The molecule has 3 heteroatoms. The molecule has 1 heterocycles. The zero-order valence-corrected chi connectivity index (χ0v) is 11.1. The maximum Gasteiger partial charge on any atom is 0.0410 e. The van der Waals surface area contributed by atoms with Crippen LogP contribution >= 0.6 is 15.9 Å². The minimum absolute atomic E-state index is 0.331. The van der Waals surface area contributed by atoms with Gasteiger partial charge in [0.2, 0.25) is 0 Å². The molecule has 0 aliphatic rings. The lowest BCUT2D eigenvalue weighted by molar-refractivity contribution is 0.682. The molecule has 0 fully saturated rings. The van der Waals surface area contributed by atoms with Crippen molar-refractivity contribution in [3.05, 3.63) is 64.4 Å². The predicted octanol–water partition coefficient (Wildman–Crippen LogP) is 3.13. The van der Waals surface area contributed by atoms with E-state index < -0.39 is 0 Å². The third kappa shape index (κ3) is 3.38. The Morgan fingerprint density at radius 3 is 2.47 bits per heavy atom. The van der Waals surface area contributed by atoms with Gasteiger partial charge in [0.25, 0.3) is 0 Å². The monoisotopic (exact) mass is 290 g/mol. The molecule has 0 aliphatic carbocycles. The van der Waals surface area contributed by atoms with E-state index in [1.54, 1.807) is 0 Å². The van der Waals surface area contributed by atoms with Crippen molar-refractivity contribution in [2.45, 2.75) is 12.3 Å². The Bertz CT molecular complexity index is 453. The summed E-state index contributed by atoms with van der Waals surface area (Å²) in [6.45, 7) is 0.637. The van der Waals surface area contributed by atoms with Gasteiger partial charge in [-0.05, 0) is 42.8 Å². The van der Waals surface area contributed by atoms with Gasteiger partial charge in [-0.3, -0.25) is 4.98 Å². The number of pyridine rings is 1. The highest BCUT2D eigenvalue weighted by atomic mass is 79.9. The Labute approximate surface area is 110 Å². The van der Waals surface area contributed by atoms with Gasteiger partial charge in [0.1, 0.15) is 0 Å². The van der Waals surface area contributed by atoms with Crippen molar-refractivity contribution in [3.63, 3.8) is 0 Å².